The van der Waals surface area contributed by atoms with Gasteiger partial charge in [0.05, 0.1) is 26.2 Å². The lowest BCUT2D eigenvalue weighted by Crippen LogP contribution is -2.23. The lowest BCUT2D eigenvalue weighted by molar-refractivity contribution is 0.0845. The Morgan fingerprint density at radius 2 is 1.97 bits per heavy atom. The maximum absolute atomic E-state index is 15.2. The number of methoxy groups -OCH3 is 1. The Balaban J connectivity index is 1.27. The molecule has 6 rings (SSSR count). The van der Waals surface area contributed by atoms with Crippen molar-refractivity contribution in [3.8, 4) is 28.5 Å². The number of benzene rings is 1. The van der Waals surface area contributed by atoms with E-state index in [0.717, 1.165) is 33.3 Å². The molecule has 182 valence electrons. The largest absolute Gasteiger partial charge is 0.485 e. The number of ether oxygens (including phenoxy) is 3. The van der Waals surface area contributed by atoms with Crippen LogP contribution in [0.25, 0.3) is 22.3 Å². The molecule has 0 bridgehead atoms. The molecule has 9 nitrogen and oxygen atoms in total. The van der Waals surface area contributed by atoms with E-state index in [1.165, 1.54) is 6.07 Å². The molecule has 36 heavy (non-hydrogen) atoms. The third kappa shape index (κ3) is 3.80. The molecule has 5 aromatic rings. The van der Waals surface area contributed by atoms with Crippen LogP contribution in [0, 0.1) is 12.7 Å². The average molecular weight is 487 g/mol. The maximum Gasteiger partial charge on any atom is 0.212 e. The number of fused-ring (bicyclic) bond motifs is 2. The van der Waals surface area contributed by atoms with Gasteiger partial charge in [-0.05, 0) is 30.7 Å². The molecule has 1 aromatic carbocycles. The van der Waals surface area contributed by atoms with Crippen LogP contribution in [0.4, 0.5) is 4.39 Å². The number of halogens is 1. The van der Waals surface area contributed by atoms with Crippen molar-refractivity contribution in [3.05, 3.63) is 77.9 Å². The van der Waals surface area contributed by atoms with Gasteiger partial charge in [-0.15, -0.1) is 0 Å². The predicted molar refractivity (Wildman–Crippen MR) is 130 cm³/mol. The van der Waals surface area contributed by atoms with Crippen molar-refractivity contribution >= 4 is 11.2 Å². The zero-order chi connectivity index (χ0) is 24.8. The van der Waals surface area contributed by atoms with Crippen LogP contribution in [0.1, 0.15) is 22.8 Å². The highest BCUT2D eigenvalue weighted by Crippen LogP contribution is 2.42. The van der Waals surface area contributed by atoms with Gasteiger partial charge in [-0.2, -0.15) is 5.10 Å². The highest BCUT2D eigenvalue weighted by Gasteiger charge is 2.29. The fraction of sp³-hybridized carbons (Fsp3) is 0.231. The van der Waals surface area contributed by atoms with Crippen molar-refractivity contribution in [3.63, 3.8) is 0 Å². The topological polar surface area (TPSA) is 89.1 Å². The Hall–Kier alpha value is -4.47. The van der Waals surface area contributed by atoms with Gasteiger partial charge in [0.25, 0.3) is 0 Å². The van der Waals surface area contributed by atoms with Crippen molar-refractivity contribution in [2.45, 2.75) is 19.6 Å². The summed E-state index contributed by atoms with van der Waals surface area (Å²) in [6.45, 7) is 2.54. The number of hydrogen-bond acceptors (Lipinski definition) is 7. The van der Waals surface area contributed by atoms with Gasteiger partial charge in [0.1, 0.15) is 12.1 Å². The smallest absolute Gasteiger partial charge is 0.212 e. The zero-order valence-corrected chi connectivity index (χ0v) is 20.0. The third-order valence-electron chi connectivity index (χ3n) is 6.36. The summed E-state index contributed by atoms with van der Waals surface area (Å²) < 4.78 is 36.0. The van der Waals surface area contributed by atoms with Crippen molar-refractivity contribution in [1.82, 2.24) is 29.3 Å². The molecule has 0 aliphatic carbocycles. The molecule has 1 atom stereocenters. The number of imidazole rings is 1. The lowest BCUT2D eigenvalue weighted by Gasteiger charge is -2.29. The fourth-order valence-electron chi connectivity index (χ4n) is 4.38. The summed E-state index contributed by atoms with van der Waals surface area (Å²) in [6.07, 6.45) is 8.40. The number of nitrogens with zero attached hydrogens (tertiary/aromatic N) is 6. The molecule has 0 spiro atoms. The highest BCUT2D eigenvalue weighted by molar-refractivity contribution is 5.77. The zero-order valence-electron chi connectivity index (χ0n) is 20.0. The van der Waals surface area contributed by atoms with Gasteiger partial charge in [-0.1, -0.05) is 0 Å². The van der Waals surface area contributed by atoms with E-state index < -0.39 is 11.9 Å². The predicted octanol–water partition coefficient (Wildman–Crippen LogP) is 4.24. The lowest BCUT2D eigenvalue weighted by atomic mass is 10.0. The molecular formula is C26H23FN6O3. The first-order valence-electron chi connectivity index (χ1n) is 11.4. The summed E-state index contributed by atoms with van der Waals surface area (Å²) >= 11 is 0. The average Bonchev–Trinajstić information content (AvgIpc) is 3.52. The van der Waals surface area contributed by atoms with E-state index in [2.05, 4.69) is 20.1 Å². The Labute approximate surface area is 206 Å². The van der Waals surface area contributed by atoms with Crippen LogP contribution in [0.2, 0.25) is 0 Å². The number of rotatable bonds is 5. The molecule has 4 aromatic heterocycles. The molecule has 5 heterocycles. The summed E-state index contributed by atoms with van der Waals surface area (Å²) in [6, 6.07) is 7.03. The standard InChI is InChI=1S/C26H23FN6O3/c1-15-18(12-33-14-30-21-7-17(9-29-26(21)33)19-10-31-32(2)11-19)6-20(27)25-24(15)35-13-22(36-25)16-4-5-23(34-3)28-8-16/h4-11,14,22H,12-13H2,1-3H3. The maximum atomic E-state index is 15.2. The Kier molecular flexibility index (Phi) is 5.28. The first-order chi connectivity index (χ1) is 17.5. The first-order valence-corrected chi connectivity index (χ1v) is 11.4. The van der Waals surface area contributed by atoms with Gasteiger partial charge in [0.2, 0.25) is 5.88 Å². The minimum atomic E-state index is -0.479. The van der Waals surface area contributed by atoms with Crippen LogP contribution in [-0.4, -0.2) is 43.0 Å². The molecule has 1 aliphatic rings. The molecule has 1 aliphatic heterocycles. The minimum absolute atomic E-state index is 0.109. The first kappa shape index (κ1) is 22.0. The van der Waals surface area contributed by atoms with Crippen molar-refractivity contribution < 1.29 is 18.6 Å². The normalized spacial score (nSPS) is 14.8. The monoisotopic (exact) mass is 486 g/mol. The second-order valence-corrected chi connectivity index (χ2v) is 8.69. The van der Waals surface area contributed by atoms with E-state index in [9.17, 15) is 0 Å². The van der Waals surface area contributed by atoms with Gasteiger partial charge >= 0.3 is 0 Å². The van der Waals surface area contributed by atoms with E-state index in [0.29, 0.717) is 23.8 Å². The SMILES string of the molecule is COc1ccc(C2COc3c(C)c(Cn4cnc5cc(-c6cnn(C)c6)cnc54)cc(F)c3O2)cn1. The summed E-state index contributed by atoms with van der Waals surface area (Å²) in [7, 11) is 3.42. The fourth-order valence-corrected chi connectivity index (χ4v) is 4.38. The Morgan fingerprint density at radius 1 is 1.08 bits per heavy atom. The van der Waals surface area contributed by atoms with Crippen LogP contribution in [0.3, 0.4) is 0 Å². The second-order valence-electron chi connectivity index (χ2n) is 8.69. The molecule has 10 heteroatoms. The summed E-state index contributed by atoms with van der Waals surface area (Å²) in [5, 5.41) is 4.21. The van der Waals surface area contributed by atoms with Crippen molar-refractivity contribution in [2.75, 3.05) is 13.7 Å². The van der Waals surface area contributed by atoms with E-state index in [1.807, 2.05) is 36.9 Å². The van der Waals surface area contributed by atoms with E-state index in [1.54, 1.807) is 42.8 Å². The van der Waals surface area contributed by atoms with Gasteiger partial charge in [0.15, 0.2) is 29.1 Å². The van der Waals surface area contributed by atoms with Crippen LogP contribution < -0.4 is 14.2 Å². The van der Waals surface area contributed by atoms with E-state index in [4.69, 9.17) is 14.2 Å². The third-order valence-corrected chi connectivity index (χ3v) is 6.36. The van der Waals surface area contributed by atoms with Crippen LogP contribution >= 0.6 is 0 Å². The van der Waals surface area contributed by atoms with Gasteiger partial charge < -0.3 is 18.8 Å². The molecule has 1 unspecified atom stereocenters. The van der Waals surface area contributed by atoms with E-state index in [-0.39, 0.29) is 12.4 Å². The number of aromatic nitrogens is 6. The molecule has 0 fully saturated rings. The van der Waals surface area contributed by atoms with E-state index >= 15 is 4.39 Å². The summed E-state index contributed by atoms with van der Waals surface area (Å²) in [5.41, 5.74) is 5.72. The molecule has 0 saturated carbocycles. The van der Waals surface area contributed by atoms with Crippen LogP contribution in [0.15, 0.2) is 55.4 Å². The van der Waals surface area contributed by atoms with Crippen molar-refractivity contribution in [1.29, 1.82) is 0 Å². The number of aryl methyl sites for hydroxylation is 1. The summed E-state index contributed by atoms with van der Waals surface area (Å²) in [5.74, 6) is 0.544. The molecule has 0 amide bonds. The molecule has 0 radical (unpaired) electrons. The van der Waals surface area contributed by atoms with Gasteiger partial charge in [0, 0.05) is 54.0 Å². The van der Waals surface area contributed by atoms with Crippen LogP contribution in [-0.2, 0) is 13.6 Å². The van der Waals surface area contributed by atoms with Gasteiger partial charge in [-0.3, -0.25) is 4.68 Å². The number of pyridine rings is 2. The Bertz CT molecular complexity index is 1580. The quantitative estimate of drug-likeness (QED) is 0.367. The Morgan fingerprint density at radius 3 is 2.72 bits per heavy atom. The number of hydrogen-bond donors (Lipinski definition) is 0. The van der Waals surface area contributed by atoms with Gasteiger partial charge in [-0.25, -0.2) is 19.3 Å². The molecule has 0 N–H and O–H groups in total. The highest BCUT2D eigenvalue weighted by atomic mass is 19.1. The molecular weight excluding hydrogens is 463 g/mol. The van der Waals surface area contributed by atoms with Crippen LogP contribution in [0.5, 0.6) is 17.4 Å². The van der Waals surface area contributed by atoms with Crippen molar-refractivity contribution in [2.24, 2.45) is 7.05 Å². The summed E-state index contributed by atoms with van der Waals surface area (Å²) in [4.78, 5) is 13.3. The minimum Gasteiger partial charge on any atom is -0.485 e. The second kappa shape index (κ2) is 8.63. The molecule has 0 saturated heterocycles.